The van der Waals surface area contributed by atoms with Gasteiger partial charge >= 0.3 is 0 Å². The van der Waals surface area contributed by atoms with Crippen molar-refractivity contribution in [2.75, 3.05) is 13.7 Å². The molecule has 1 unspecified atom stereocenters. The van der Waals surface area contributed by atoms with Gasteiger partial charge in [0.15, 0.2) is 0 Å². The van der Waals surface area contributed by atoms with Gasteiger partial charge in [-0.05, 0) is 20.0 Å². The van der Waals surface area contributed by atoms with Gasteiger partial charge in [0.25, 0.3) is 5.69 Å². The summed E-state index contributed by atoms with van der Waals surface area (Å²) in [4.78, 5) is 10.2. The lowest BCUT2D eigenvalue weighted by molar-refractivity contribution is -0.384. The van der Waals surface area contributed by atoms with Crippen LogP contribution < -0.4 is 10.1 Å². The zero-order valence-electron chi connectivity index (χ0n) is 9.84. The number of non-ortho nitro benzene ring substituents is 1. The Morgan fingerprint density at radius 2 is 2.29 bits per heavy atom. The number of nitrogens with one attached hydrogen (secondary N) is 1. The van der Waals surface area contributed by atoms with E-state index in [1.165, 1.54) is 12.1 Å². The first kappa shape index (κ1) is 13.4. The average Bonchev–Trinajstić information content (AvgIpc) is 2.27. The summed E-state index contributed by atoms with van der Waals surface area (Å²) in [6.45, 7) is 2.24. The van der Waals surface area contributed by atoms with Gasteiger partial charge in [0.1, 0.15) is 12.4 Å². The number of nitro benzene ring substituents is 1. The van der Waals surface area contributed by atoms with Crippen LogP contribution in [0.2, 0.25) is 0 Å². The molecule has 0 fully saturated rings. The Morgan fingerprint density at radius 3 is 2.82 bits per heavy atom. The zero-order chi connectivity index (χ0) is 12.8. The van der Waals surface area contributed by atoms with Gasteiger partial charge in [0.2, 0.25) is 0 Å². The summed E-state index contributed by atoms with van der Waals surface area (Å²) < 4.78 is 5.37. The Labute approximate surface area is 99.4 Å². The van der Waals surface area contributed by atoms with E-state index in [1.54, 1.807) is 20.0 Å². The lowest BCUT2D eigenvalue weighted by atomic mass is 10.1. The second-order valence-electron chi connectivity index (χ2n) is 3.74. The Balaban J connectivity index is 2.91. The maximum Gasteiger partial charge on any atom is 0.270 e. The van der Waals surface area contributed by atoms with Gasteiger partial charge in [0, 0.05) is 24.2 Å². The molecule has 1 atom stereocenters. The number of aliphatic hydroxyl groups excluding tert-OH is 1. The molecular weight excluding hydrogens is 224 g/mol. The van der Waals surface area contributed by atoms with Gasteiger partial charge in [-0.25, -0.2) is 0 Å². The zero-order valence-corrected chi connectivity index (χ0v) is 9.84. The second kappa shape index (κ2) is 6.17. The van der Waals surface area contributed by atoms with Crippen molar-refractivity contribution in [1.29, 1.82) is 0 Å². The van der Waals surface area contributed by atoms with Crippen molar-refractivity contribution in [3.05, 3.63) is 33.9 Å². The summed E-state index contributed by atoms with van der Waals surface area (Å²) in [5.74, 6) is 0.547. The lowest BCUT2D eigenvalue weighted by Gasteiger charge is -2.12. The van der Waals surface area contributed by atoms with Crippen LogP contribution in [0.5, 0.6) is 5.75 Å². The highest BCUT2D eigenvalue weighted by Crippen LogP contribution is 2.24. The van der Waals surface area contributed by atoms with E-state index < -0.39 is 11.0 Å². The quantitative estimate of drug-likeness (QED) is 0.574. The highest BCUT2D eigenvalue weighted by Gasteiger charge is 2.11. The first-order valence-electron chi connectivity index (χ1n) is 5.27. The topological polar surface area (TPSA) is 84.6 Å². The molecule has 17 heavy (non-hydrogen) atoms. The molecule has 0 aliphatic heterocycles. The maximum atomic E-state index is 10.6. The molecule has 0 saturated heterocycles. The van der Waals surface area contributed by atoms with E-state index in [9.17, 15) is 10.1 Å². The molecule has 1 aromatic rings. The van der Waals surface area contributed by atoms with E-state index in [4.69, 9.17) is 9.84 Å². The number of benzene rings is 1. The second-order valence-corrected chi connectivity index (χ2v) is 3.74. The summed E-state index contributed by atoms with van der Waals surface area (Å²) in [5.41, 5.74) is 0.724. The molecule has 0 saturated carbocycles. The van der Waals surface area contributed by atoms with Gasteiger partial charge in [-0.3, -0.25) is 10.1 Å². The van der Waals surface area contributed by atoms with Crippen molar-refractivity contribution in [1.82, 2.24) is 5.32 Å². The van der Waals surface area contributed by atoms with Crippen LogP contribution in [0.1, 0.15) is 12.5 Å². The van der Waals surface area contributed by atoms with Crippen molar-refractivity contribution in [3.8, 4) is 5.75 Å². The molecule has 0 aromatic heterocycles. The molecular formula is C11H16N2O4. The largest absolute Gasteiger partial charge is 0.491 e. The molecule has 0 aliphatic rings. The van der Waals surface area contributed by atoms with Crippen LogP contribution in [0.4, 0.5) is 5.69 Å². The van der Waals surface area contributed by atoms with Gasteiger partial charge < -0.3 is 15.2 Å². The van der Waals surface area contributed by atoms with E-state index in [0.29, 0.717) is 17.9 Å². The average molecular weight is 240 g/mol. The van der Waals surface area contributed by atoms with Crippen LogP contribution in [0, 0.1) is 10.1 Å². The van der Waals surface area contributed by atoms with Crippen LogP contribution in [-0.4, -0.2) is 29.8 Å². The highest BCUT2D eigenvalue weighted by atomic mass is 16.6. The number of ether oxygens (including phenoxy) is 1. The van der Waals surface area contributed by atoms with Crippen LogP contribution in [-0.2, 0) is 6.54 Å². The Morgan fingerprint density at radius 1 is 1.59 bits per heavy atom. The summed E-state index contributed by atoms with van der Waals surface area (Å²) in [6.07, 6.45) is -0.576. The summed E-state index contributed by atoms with van der Waals surface area (Å²) in [6, 6.07) is 4.40. The molecule has 94 valence electrons. The van der Waals surface area contributed by atoms with Gasteiger partial charge in [-0.15, -0.1) is 0 Å². The van der Waals surface area contributed by atoms with Crippen molar-refractivity contribution >= 4 is 5.69 Å². The molecule has 0 spiro atoms. The molecule has 1 aromatic carbocycles. The Bertz CT molecular complexity index is 393. The van der Waals surface area contributed by atoms with E-state index in [0.717, 1.165) is 0 Å². The Hall–Kier alpha value is -1.66. The van der Waals surface area contributed by atoms with Crippen molar-refractivity contribution < 1.29 is 14.8 Å². The SMILES string of the molecule is CNCc1cc([N+](=O)[O-])ccc1OCC(C)O. The molecule has 6 nitrogen and oxygen atoms in total. The molecule has 0 heterocycles. The standard InChI is InChI=1S/C11H16N2O4/c1-8(14)7-17-11-4-3-10(13(15)16)5-9(11)6-12-2/h3-5,8,12,14H,6-7H2,1-2H3. The number of nitrogens with zero attached hydrogens (tertiary/aromatic N) is 1. The van der Waals surface area contributed by atoms with Crippen molar-refractivity contribution in [3.63, 3.8) is 0 Å². The lowest BCUT2D eigenvalue weighted by Crippen LogP contribution is -2.15. The molecule has 0 amide bonds. The smallest absolute Gasteiger partial charge is 0.270 e. The van der Waals surface area contributed by atoms with E-state index >= 15 is 0 Å². The fourth-order valence-electron chi connectivity index (χ4n) is 1.36. The van der Waals surface area contributed by atoms with Crippen LogP contribution in [0.15, 0.2) is 18.2 Å². The highest BCUT2D eigenvalue weighted by molar-refractivity contribution is 5.43. The first-order chi connectivity index (χ1) is 8.04. The normalized spacial score (nSPS) is 12.2. The molecule has 0 aliphatic carbocycles. The summed E-state index contributed by atoms with van der Waals surface area (Å²) in [5, 5.41) is 22.7. The number of rotatable bonds is 6. The van der Waals surface area contributed by atoms with E-state index in [-0.39, 0.29) is 12.3 Å². The number of hydrogen-bond donors (Lipinski definition) is 2. The third kappa shape index (κ3) is 4.01. The fraction of sp³-hybridized carbons (Fsp3) is 0.455. The molecule has 0 bridgehead atoms. The third-order valence-corrected chi connectivity index (χ3v) is 2.10. The van der Waals surface area contributed by atoms with Gasteiger partial charge in [-0.1, -0.05) is 0 Å². The minimum Gasteiger partial charge on any atom is -0.491 e. The minimum absolute atomic E-state index is 0.0275. The molecule has 6 heteroatoms. The van der Waals surface area contributed by atoms with E-state index in [2.05, 4.69) is 5.32 Å². The van der Waals surface area contributed by atoms with E-state index in [1.807, 2.05) is 0 Å². The molecule has 2 N–H and O–H groups in total. The Kier molecular flexibility index (Phi) is 4.86. The molecule has 1 rings (SSSR count). The predicted octanol–water partition coefficient (Wildman–Crippen LogP) is 1.07. The third-order valence-electron chi connectivity index (χ3n) is 2.10. The minimum atomic E-state index is -0.576. The van der Waals surface area contributed by atoms with Crippen molar-refractivity contribution in [2.24, 2.45) is 0 Å². The van der Waals surface area contributed by atoms with Crippen molar-refractivity contribution in [2.45, 2.75) is 19.6 Å². The van der Waals surface area contributed by atoms with Crippen LogP contribution in [0.3, 0.4) is 0 Å². The molecule has 0 radical (unpaired) electrons. The number of aliphatic hydroxyl groups is 1. The number of nitro groups is 1. The summed E-state index contributed by atoms with van der Waals surface area (Å²) >= 11 is 0. The van der Waals surface area contributed by atoms with Crippen LogP contribution in [0.25, 0.3) is 0 Å². The van der Waals surface area contributed by atoms with Crippen LogP contribution >= 0.6 is 0 Å². The first-order valence-corrected chi connectivity index (χ1v) is 5.27. The number of hydrogen-bond acceptors (Lipinski definition) is 5. The predicted molar refractivity (Wildman–Crippen MR) is 63.0 cm³/mol. The summed E-state index contributed by atoms with van der Waals surface area (Å²) in [7, 11) is 1.75. The maximum absolute atomic E-state index is 10.6. The monoisotopic (exact) mass is 240 g/mol. The fourth-order valence-corrected chi connectivity index (χ4v) is 1.36. The van der Waals surface area contributed by atoms with Gasteiger partial charge in [-0.2, -0.15) is 0 Å². The van der Waals surface area contributed by atoms with Gasteiger partial charge in [0.05, 0.1) is 11.0 Å².